The van der Waals surface area contributed by atoms with Crippen molar-refractivity contribution < 1.29 is 27.2 Å². The SMILES string of the molecule is CNC(=O)[C@@H](NC(=O)c1nc(-c2cc(C(F)(F)F)ccc2F)n2c1CN(C)CC2)C(C)(C)C. The van der Waals surface area contributed by atoms with Crippen molar-refractivity contribution in [1.29, 1.82) is 0 Å². The molecule has 1 aromatic carbocycles. The Balaban J connectivity index is 2.11. The lowest BCUT2D eigenvalue weighted by Crippen LogP contribution is -2.53. The summed E-state index contributed by atoms with van der Waals surface area (Å²) in [6.07, 6.45) is -4.66. The Bertz CT molecular complexity index is 1070. The molecular weight excluding hydrogens is 442 g/mol. The number of nitrogens with one attached hydrogen (secondary N) is 2. The molecule has 0 bridgehead atoms. The van der Waals surface area contributed by atoms with E-state index < -0.39 is 40.8 Å². The highest BCUT2D eigenvalue weighted by atomic mass is 19.4. The van der Waals surface area contributed by atoms with E-state index in [1.165, 1.54) is 7.05 Å². The van der Waals surface area contributed by atoms with Crippen molar-refractivity contribution >= 4 is 11.8 Å². The summed E-state index contributed by atoms with van der Waals surface area (Å²) in [6.45, 7) is 6.50. The van der Waals surface area contributed by atoms with Crippen molar-refractivity contribution in [2.24, 2.45) is 5.41 Å². The number of alkyl halides is 3. The number of aromatic nitrogens is 2. The summed E-state index contributed by atoms with van der Waals surface area (Å²) in [7, 11) is 3.28. The van der Waals surface area contributed by atoms with Gasteiger partial charge in [0.2, 0.25) is 5.91 Å². The first-order chi connectivity index (χ1) is 15.2. The van der Waals surface area contributed by atoms with Crippen molar-refractivity contribution in [1.82, 2.24) is 25.1 Å². The zero-order valence-electron chi connectivity index (χ0n) is 19.1. The number of amides is 2. The molecule has 0 radical (unpaired) electrons. The first-order valence-corrected chi connectivity index (χ1v) is 10.4. The number of hydrogen-bond donors (Lipinski definition) is 2. The van der Waals surface area contributed by atoms with E-state index in [9.17, 15) is 27.2 Å². The second-order valence-electron chi connectivity index (χ2n) is 9.20. The number of carbonyl (C=O) groups excluding carboxylic acids is 2. The Labute approximate surface area is 189 Å². The fourth-order valence-corrected chi connectivity index (χ4v) is 3.77. The van der Waals surface area contributed by atoms with Gasteiger partial charge in [-0.1, -0.05) is 20.8 Å². The third-order valence-electron chi connectivity index (χ3n) is 5.60. The molecule has 3 rings (SSSR count). The zero-order chi connectivity index (χ0) is 24.7. The number of imidazole rings is 1. The molecule has 2 aromatic rings. The van der Waals surface area contributed by atoms with E-state index in [1.807, 2.05) is 11.9 Å². The van der Waals surface area contributed by atoms with Gasteiger partial charge in [-0.15, -0.1) is 0 Å². The minimum absolute atomic E-state index is 0.0495. The quantitative estimate of drug-likeness (QED) is 0.675. The molecule has 0 aliphatic carbocycles. The van der Waals surface area contributed by atoms with E-state index in [-0.39, 0.29) is 23.6 Å². The lowest BCUT2D eigenvalue weighted by atomic mass is 9.86. The van der Waals surface area contributed by atoms with E-state index >= 15 is 0 Å². The van der Waals surface area contributed by atoms with Crippen LogP contribution in [0.4, 0.5) is 17.6 Å². The summed E-state index contributed by atoms with van der Waals surface area (Å²) in [5.41, 5.74) is -1.58. The molecule has 1 aliphatic rings. The molecule has 0 fully saturated rings. The molecule has 1 aliphatic heterocycles. The average Bonchev–Trinajstić information content (AvgIpc) is 3.08. The second-order valence-corrected chi connectivity index (χ2v) is 9.20. The predicted octanol–water partition coefficient (Wildman–Crippen LogP) is 3.04. The van der Waals surface area contributed by atoms with Crippen molar-refractivity contribution in [3.8, 4) is 11.4 Å². The van der Waals surface area contributed by atoms with Crippen LogP contribution in [0.3, 0.4) is 0 Å². The van der Waals surface area contributed by atoms with Gasteiger partial charge in [-0.2, -0.15) is 13.2 Å². The lowest BCUT2D eigenvalue weighted by Gasteiger charge is -2.30. The van der Waals surface area contributed by atoms with Gasteiger partial charge in [0.25, 0.3) is 5.91 Å². The molecule has 2 heterocycles. The number of fused-ring (bicyclic) bond motifs is 1. The van der Waals surface area contributed by atoms with E-state index in [2.05, 4.69) is 15.6 Å². The Morgan fingerprint density at radius 2 is 1.82 bits per heavy atom. The summed E-state index contributed by atoms with van der Waals surface area (Å²) in [6, 6.07) is 1.23. The zero-order valence-corrected chi connectivity index (χ0v) is 19.1. The van der Waals surface area contributed by atoms with Crippen LogP contribution in [0.15, 0.2) is 18.2 Å². The maximum absolute atomic E-state index is 14.6. The number of rotatable bonds is 4. The van der Waals surface area contributed by atoms with E-state index in [0.29, 0.717) is 30.9 Å². The van der Waals surface area contributed by atoms with Gasteiger partial charge in [0, 0.05) is 26.7 Å². The molecule has 11 heteroatoms. The van der Waals surface area contributed by atoms with Crippen LogP contribution in [-0.4, -0.2) is 52.9 Å². The van der Waals surface area contributed by atoms with Gasteiger partial charge in [0.15, 0.2) is 5.69 Å². The lowest BCUT2D eigenvalue weighted by molar-refractivity contribution is -0.137. The van der Waals surface area contributed by atoms with E-state index in [0.717, 1.165) is 6.07 Å². The molecule has 180 valence electrons. The topological polar surface area (TPSA) is 79.3 Å². The highest BCUT2D eigenvalue weighted by molar-refractivity contribution is 5.98. The largest absolute Gasteiger partial charge is 0.416 e. The average molecular weight is 469 g/mol. The van der Waals surface area contributed by atoms with Crippen LogP contribution in [0, 0.1) is 11.2 Å². The highest BCUT2D eigenvalue weighted by Gasteiger charge is 2.36. The number of likely N-dealkylation sites (N-methyl/N-ethyl adjacent to an activating group) is 2. The van der Waals surface area contributed by atoms with Gasteiger partial charge < -0.3 is 15.2 Å². The van der Waals surface area contributed by atoms with Crippen LogP contribution >= 0.6 is 0 Å². The Hall–Kier alpha value is -2.95. The summed E-state index contributed by atoms with van der Waals surface area (Å²) >= 11 is 0. The molecule has 1 aromatic heterocycles. The van der Waals surface area contributed by atoms with Gasteiger partial charge in [-0.3, -0.25) is 14.5 Å². The van der Waals surface area contributed by atoms with Crippen molar-refractivity contribution in [2.75, 3.05) is 20.6 Å². The van der Waals surface area contributed by atoms with E-state index in [1.54, 1.807) is 25.3 Å². The maximum Gasteiger partial charge on any atom is 0.416 e. The minimum atomic E-state index is -4.66. The number of carbonyl (C=O) groups is 2. The van der Waals surface area contributed by atoms with Crippen LogP contribution in [0.2, 0.25) is 0 Å². The molecule has 2 amide bonds. The number of benzene rings is 1. The minimum Gasteiger partial charge on any atom is -0.357 e. The molecule has 0 unspecified atom stereocenters. The van der Waals surface area contributed by atoms with Crippen LogP contribution in [0.25, 0.3) is 11.4 Å². The van der Waals surface area contributed by atoms with Crippen molar-refractivity contribution in [3.63, 3.8) is 0 Å². The molecule has 0 spiro atoms. The number of halogens is 4. The van der Waals surface area contributed by atoms with Crippen LogP contribution < -0.4 is 10.6 Å². The molecule has 0 saturated carbocycles. The van der Waals surface area contributed by atoms with Crippen LogP contribution in [-0.2, 0) is 24.1 Å². The number of hydrogen-bond acceptors (Lipinski definition) is 4. The van der Waals surface area contributed by atoms with Crippen LogP contribution in [0.1, 0.15) is 42.5 Å². The Morgan fingerprint density at radius 1 is 1.15 bits per heavy atom. The van der Waals surface area contributed by atoms with Gasteiger partial charge in [-0.25, -0.2) is 9.37 Å². The van der Waals surface area contributed by atoms with E-state index in [4.69, 9.17) is 0 Å². The summed E-state index contributed by atoms with van der Waals surface area (Å²) < 4.78 is 55.9. The van der Waals surface area contributed by atoms with Gasteiger partial charge in [0.05, 0.1) is 16.8 Å². The summed E-state index contributed by atoms with van der Waals surface area (Å²) in [4.78, 5) is 31.8. The predicted molar refractivity (Wildman–Crippen MR) is 114 cm³/mol. The van der Waals surface area contributed by atoms with Crippen LogP contribution in [0.5, 0.6) is 0 Å². The normalized spacial score (nSPS) is 15.7. The number of nitrogens with zero attached hydrogens (tertiary/aromatic N) is 3. The standard InChI is InChI=1S/C22H27F4N5O2/c1-21(2,3)17(20(33)27-4)29-19(32)16-15-11-30(5)8-9-31(15)18(28-16)13-10-12(22(24,25)26)6-7-14(13)23/h6-7,10,17H,8-9,11H2,1-5H3,(H,27,33)(H,29,32)/t17-/m1/s1. The maximum atomic E-state index is 14.6. The molecule has 0 saturated heterocycles. The first kappa shape index (κ1) is 24.7. The molecule has 1 atom stereocenters. The second kappa shape index (κ2) is 8.77. The first-order valence-electron chi connectivity index (χ1n) is 10.4. The Kier molecular flexibility index (Phi) is 6.56. The Morgan fingerprint density at radius 3 is 2.39 bits per heavy atom. The monoisotopic (exact) mass is 469 g/mol. The third kappa shape index (κ3) is 5.02. The van der Waals surface area contributed by atoms with Gasteiger partial charge in [0.1, 0.15) is 17.7 Å². The summed E-state index contributed by atoms with van der Waals surface area (Å²) in [5.74, 6) is -1.99. The van der Waals surface area contributed by atoms with Crippen molar-refractivity contribution in [3.05, 3.63) is 41.0 Å². The highest BCUT2D eigenvalue weighted by Crippen LogP contribution is 2.35. The molecular formula is C22H27F4N5O2. The molecule has 7 nitrogen and oxygen atoms in total. The molecule has 2 N–H and O–H groups in total. The third-order valence-corrected chi connectivity index (χ3v) is 5.60. The van der Waals surface area contributed by atoms with Gasteiger partial charge in [-0.05, 0) is 30.7 Å². The van der Waals surface area contributed by atoms with Gasteiger partial charge >= 0.3 is 6.18 Å². The fraction of sp³-hybridized carbons (Fsp3) is 0.500. The summed E-state index contributed by atoms with van der Waals surface area (Å²) in [5, 5.41) is 5.20. The molecule has 33 heavy (non-hydrogen) atoms. The van der Waals surface area contributed by atoms with Crippen molar-refractivity contribution in [2.45, 2.75) is 46.1 Å². The smallest absolute Gasteiger partial charge is 0.357 e. The fourth-order valence-electron chi connectivity index (χ4n) is 3.77.